The van der Waals surface area contributed by atoms with Gasteiger partial charge in [-0.25, -0.2) is 4.98 Å². The van der Waals surface area contributed by atoms with E-state index in [9.17, 15) is 9.90 Å². The molecule has 0 bridgehead atoms. The van der Waals surface area contributed by atoms with Crippen molar-refractivity contribution in [3.63, 3.8) is 0 Å². The summed E-state index contributed by atoms with van der Waals surface area (Å²) in [6.45, 7) is 0.576. The zero-order chi connectivity index (χ0) is 19.1. The molecule has 1 aliphatic heterocycles. The predicted molar refractivity (Wildman–Crippen MR) is 108 cm³/mol. The minimum absolute atomic E-state index is 0.0588. The maximum Gasteiger partial charge on any atom is 0.254 e. The summed E-state index contributed by atoms with van der Waals surface area (Å²) < 4.78 is 0. The third-order valence-corrected chi connectivity index (χ3v) is 6.68. The number of nitrogens with zero attached hydrogens (tertiary/aromatic N) is 2. The summed E-state index contributed by atoms with van der Waals surface area (Å²) in [4.78, 5) is 22.7. The molecule has 2 aliphatic rings. The number of amides is 1. The Morgan fingerprint density at radius 2 is 1.96 bits per heavy atom. The Hall–Kier alpha value is -2.66. The second-order valence-corrected chi connectivity index (χ2v) is 8.13. The van der Waals surface area contributed by atoms with E-state index in [1.807, 2.05) is 53.4 Å². The topological polar surface area (TPSA) is 69.2 Å². The number of aliphatic hydroxyl groups is 1. The number of imidazole rings is 1. The Morgan fingerprint density at radius 3 is 2.82 bits per heavy atom. The van der Waals surface area contributed by atoms with Crippen molar-refractivity contribution in [3.05, 3.63) is 66.0 Å². The lowest BCUT2D eigenvalue weighted by atomic mass is 9.66. The normalized spacial score (nSPS) is 27.5. The number of likely N-dealkylation sites (tertiary alicyclic amines) is 1. The smallest absolute Gasteiger partial charge is 0.254 e. The third kappa shape index (κ3) is 2.73. The molecule has 144 valence electrons. The number of hydrogen-bond donors (Lipinski definition) is 2. The van der Waals surface area contributed by atoms with Gasteiger partial charge < -0.3 is 15.0 Å². The molecule has 2 aromatic carbocycles. The average molecular weight is 375 g/mol. The Bertz CT molecular complexity index is 999. The first-order chi connectivity index (χ1) is 13.7. The van der Waals surface area contributed by atoms with Crippen LogP contribution in [0.4, 0.5) is 0 Å². The molecule has 5 heteroatoms. The number of rotatable bonds is 2. The van der Waals surface area contributed by atoms with E-state index >= 15 is 0 Å². The molecule has 1 saturated heterocycles. The predicted octanol–water partition coefficient (Wildman–Crippen LogP) is 3.86. The lowest BCUT2D eigenvalue weighted by Crippen LogP contribution is -2.58. The van der Waals surface area contributed by atoms with Crippen LogP contribution in [0.15, 0.2) is 54.9 Å². The maximum atomic E-state index is 13.4. The fraction of sp³-hybridized carbons (Fsp3) is 0.391. The standard InChI is InChI=1S/C23H25N3O2/c27-22(16-10-11-19-20(14-16)25-15-24-19)26-13-12-23(28,17-6-2-1-3-7-17)18-8-4-5-9-21(18)26/h1-3,6-7,10-11,14-15,18,21,28H,4-5,8-9,12-13H2,(H,24,25)/t18-,21-,23+/m0/s1. The highest BCUT2D eigenvalue weighted by Gasteiger charge is 2.50. The molecule has 2 fully saturated rings. The van der Waals surface area contributed by atoms with Gasteiger partial charge in [0.25, 0.3) is 5.91 Å². The van der Waals surface area contributed by atoms with Crippen LogP contribution < -0.4 is 0 Å². The first-order valence-electron chi connectivity index (χ1n) is 10.2. The van der Waals surface area contributed by atoms with Crippen molar-refractivity contribution >= 4 is 16.9 Å². The number of carbonyl (C=O) groups is 1. The van der Waals surface area contributed by atoms with Crippen molar-refractivity contribution in [2.24, 2.45) is 5.92 Å². The molecule has 5 rings (SSSR count). The van der Waals surface area contributed by atoms with Gasteiger partial charge in [0.05, 0.1) is 23.0 Å². The highest BCUT2D eigenvalue weighted by atomic mass is 16.3. The van der Waals surface area contributed by atoms with Crippen molar-refractivity contribution in [3.8, 4) is 0 Å². The van der Waals surface area contributed by atoms with Crippen LogP contribution in [0.5, 0.6) is 0 Å². The molecule has 1 aliphatic carbocycles. The molecule has 0 unspecified atom stereocenters. The monoisotopic (exact) mass is 375 g/mol. The number of piperidine rings is 1. The van der Waals surface area contributed by atoms with Crippen LogP contribution in [0, 0.1) is 5.92 Å². The van der Waals surface area contributed by atoms with Crippen LogP contribution in [0.3, 0.4) is 0 Å². The Morgan fingerprint density at radius 1 is 1.14 bits per heavy atom. The number of fused-ring (bicyclic) bond motifs is 2. The lowest BCUT2D eigenvalue weighted by molar-refractivity contribution is -0.110. The van der Waals surface area contributed by atoms with Gasteiger partial charge in [-0.15, -0.1) is 0 Å². The average Bonchev–Trinajstić information content (AvgIpc) is 3.22. The van der Waals surface area contributed by atoms with E-state index in [1.54, 1.807) is 6.33 Å². The Kier molecular flexibility index (Phi) is 4.20. The molecule has 1 amide bonds. The first-order valence-corrected chi connectivity index (χ1v) is 10.2. The van der Waals surface area contributed by atoms with Gasteiger partial charge in [-0.1, -0.05) is 43.2 Å². The summed E-state index contributed by atoms with van der Waals surface area (Å²) in [6.07, 6.45) is 6.36. The summed E-state index contributed by atoms with van der Waals surface area (Å²) in [6, 6.07) is 15.7. The first kappa shape index (κ1) is 17.4. The molecular weight excluding hydrogens is 350 g/mol. The molecule has 2 N–H and O–H groups in total. The molecule has 5 nitrogen and oxygen atoms in total. The molecule has 1 aromatic heterocycles. The number of H-pyrrole nitrogens is 1. The largest absolute Gasteiger partial charge is 0.385 e. The molecule has 1 saturated carbocycles. The molecule has 2 heterocycles. The van der Waals surface area contributed by atoms with E-state index in [2.05, 4.69) is 9.97 Å². The van der Waals surface area contributed by atoms with Crippen LogP contribution >= 0.6 is 0 Å². The molecule has 3 atom stereocenters. The van der Waals surface area contributed by atoms with Crippen LogP contribution in [0.2, 0.25) is 0 Å². The summed E-state index contributed by atoms with van der Waals surface area (Å²) in [5, 5.41) is 11.7. The minimum atomic E-state index is -0.851. The molecule has 0 spiro atoms. The van der Waals surface area contributed by atoms with E-state index < -0.39 is 5.60 Å². The van der Waals surface area contributed by atoms with Crippen LogP contribution in [0.1, 0.15) is 48.0 Å². The third-order valence-electron chi connectivity index (χ3n) is 6.68. The van der Waals surface area contributed by atoms with Gasteiger partial charge in [0.1, 0.15) is 0 Å². The van der Waals surface area contributed by atoms with Crippen LogP contribution in [-0.2, 0) is 5.60 Å². The van der Waals surface area contributed by atoms with Gasteiger partial charge in [0.2, 0.25) is 0 Å². The highest BCUT2D eigenvalue weighted by molar-refractivity contribution is 5.97. The fourth-order valence-corrected chi connectivity index (χ4v) is 5.26. The van der Waals surface area contributed by atoms with Gasteiger partial charge in [-0.2, -0.15) is 0 Å². The van der Waals surface area contributed by atoms with E-state index in [-0.39, 0.29) is 17.9 Å². The van der Waals surface area contributed by atoms with Gasteiger partial charge in [-0.05, 0) is 43.0 Å². The maximum absolute atomic E-state index is 13.4. The number of nitrogens with one attached hydrogen (secondary N) is 1. The number of carbonyl (C=O) groups excluding carboxylic acids is 1. The second kappa shape index (κ2) is 6.74. The lowest BCUT2D eigenvalue weighted by Gasteiger charge is -2.52. The number of aromatic nitrogens is 2. The zero-order valence-corrected chi connectivity index (χ0v) is 15.8. The second-order valence-electron chi connectivity index (χ2n) is 8.13. The van der Waals surface area contributed by atoms with Gasteiger partial charge >= 0.3 is 0 Å². The van der Waals surface area contributed by atoms with Crippen LogP contribution in [-0.4, -0.2) is 38.5 Å². The molecule has 28 heavy (non-hydrogen) atoms. The summed E-state index contributed by atoms with van der Waals surface area (Å²) in [5.41, 5.74) is 2.56. The summed E-state index contributed by atoms with van der Waals surface area (Å²) in [7, 11) is 0. The number of hydrogen-bond acceptors (Lipinski definition) is 3. The zero-order valence-electron chi connectivity index (χ0n) is 15.8. The Balaban J connectivity index is 1.47. The SMILES string of the molecule is O=C(c1ccc2nc[nH]c2c1)N1CC[C@@](O)(c2ccccc2)[C@H]2CCCC[C@@H]21. The van der Waals surface area contributed by atoms with Gasteiger partial charge in [-0.3, -0.25) is 4.79 Å². The van der Waals surface area contributed by atoms with Gasteiger partial charge in [0, 0.05) is 24.1 Å². The highest BCUT2D eigenvalue weighted by Crippen LogP contribution is 2.47. The van der Waals surface area contributed by atoms with E-state index in [0.717, 1.165) is 42.3 Å². The van der Waals surface area contributed by atoms with Crippen LogP contribution in [0.25, 0.3) is 11.0 Å². The van der Waals surface area contributed by atoms with E-state index in [4.69, 9.17) is 0 Å². The van der Waals surface area contributed by atoms with Crippen molar-refractivity contribution in [2.45, 2.75) is 43.7 Å². The van der Waals surface area contributed by atoms with E-state index in [1.165, 1.54) is 0 Å². The quantitative estimate of drug-likeness (QED) is 0.715. The van der Waals surface area contributed by atoms with Crippen molar-refractivity contribution in [1.29, 1.82) is 0 Å². The molecule has 0 radical (unpaired) electrons. The molecule has 3 aromatic rings. The van der Waals surface area contributed by atoms with Crippen molar-refractivity contribution < 1.29 is 9.90 Å². The molecular formula is C23H25N3O2. The number of benzene rings is 2. The summed E-state index contributed by atoms with van der Waals surface area (Å²) in [5.74, 6) is 0.140. The number of aromatic amines is 1. The summed E-state index contributed by atoms with van der Waals surface area (Å²) >= 11 is 0. The van der Waals surface area contributed by atoms with Crippen molar-refractivity contribution in [2.75, 3.05) is 6.54 Å². The Labute approximate surface area is 164 Å². The van der Waals surface area contributed by atoms with Crippen molar-refractivity contribution in [1.82, 2.24) is 14.9 Å². The fourth-order valence-electron chi connectivity index (χ4n) is 5.26. The minimum Gasteiger partial charge on any atom is -0.385 e. The van der Waals surface area contributed by atoms with E-state index in [0.29, 0.717) is 18.5 Å². The van der Waals surface area contributed by atoms with Gasteiger partial charge in [0.15, 0.2) is 0 Å².